The van der Waals surface area contributed by atoms with Gasteiger partial charge < -0.3 is 4.74 Å². The third kappa shape index (κ3) is 2.06. The molecule has 1 aromatic carbocycles. The van der Waals surface area contributed by atoms with Gasteiger partial charge in [0.15, 0.2) is 5.76 Å². The van der Waals surface area contributed by atoms with Crippen LogP contribution in [0.15, 0.2) is 30.0 Å². The second-order valence-corrected chi connectivity index (χ2v) is 3.55. The fraction of sp³-hybridized carbons (Fsp3) is 0.250. The van der Waals surface area contributed by atoms with Crippen molar-refractivity contribution in [3.05, 3.63) is 47.0 Å². The van der Waals surface area contributed by atoms with Crippen LogP contribution >= 0.6 is 0 Å². The van der Waals surface area contributed by atoms with Gasteiger partial charge >= 0.3 is 0 Å². The van der Waals surface area contributed by atoms with E-state index in [0.29, 0.717) is 17.9 Å². The number of ketones is 1. The van der Waals surface area contributed by atoms with E-state index in [0.717, 1.165) is 12.0 Å². The second kappa shape index (κ2) is 3.85. The average molecular weight is 206 g/mol. The summed E-state index contributed by atoms with van der Waals surface area (Å²) in [6, 6.07) is 4.28. The Labute approximate surface area is 87.4 Å². The highest BCUT2D eigenvalue weighted by Crippen LogP contribution is 2.17. The molecule has 1 heterocycles. The van der Waals surface area contributed by atoms with E-state index in [9.17, 15) is 9.18 Å². The maximum atomic E-state index is 13.1. The number of rotatable bonds is 2. The van der Waals surface area contributed by atoms with Crippen LogP contribution in [0.4, 0.5) is 4.39 Å². The van der Waals surface area contributed by atoms with Gasteiger partial charge in [-0.15, -0.1) is 0 Å². The lowest BCUT2D eigenvalue weighted by Crippen LogP contribution is -2.04. The lowest BCUT2D eigenvalue weighted by molar-refractivity contribution is 0.0942. The molecule has 0 amide bonds. The Morgan fingerprint density at radius 2 is 2.20 bits per heavy atom. The van der Waals surface area contributed by atoms with Gasteiger partial charge in [0.05, 0.1) is 6.61 Å². The van der Waals surface area contributed by atoms with Gasteiger partial charge in [0, 0.05) is 12.0 Å². The average Bonchev–Trinajstić information content (AvgIpc) is 2.67. The summed E-state index contributed by atoms with van der Waals surface area (Å²) in [5, 5.41) is 0. The zero-order valence-electron chi connectivity index (χ0n) is 8.42. The van der Waals surface area contributed by atoms with Crippen LogP contribution in [0.2, 0.25) is 0 Å². The van der Waals surface area contributed by atoms with Crippen molar-refractivity contribution in [3.8, 4) is 0 Å². The van der Waals surface area contributed by atoms with Crippen molar-refractivity contribution in [2.45, 2.75) is 13.3 Å². The first-order chi connectivity index (χ1) is 7.16. The Kier molecular flexibility index (Phi) is 2.54. The third-order valence-corrected chi connectivity index (χ3v) is 2.23. The summed E-state index contributed by atoms with van der Waals surface area (Å²) < 4.78 is 18.2. The van der Waals surface area contributed by atoms with Crippen molar-refractivity contribution in [1.29, 1.82) is 0 Å². The smallest absolute Gasteiger partial charge is 0.227 e. The van der Waals surface area contributed by atoms with Crippen LogP contribution in [0, 0.1) is 12.7 Å². The number of Topliss-reactive ketones (excluding diaryl/α,β-unsaturated/α-hetero) is 1. The summed E-state index contributed by atoms with van der Waals surface area (Å²) in [5.41, 5.74) is 1.08. The van der Waals surface area contributed by atoms with Gasteiger partial charge in [-0.1, -0.05) is 0 Å². The number of allylic oxidation sites excluding steroid dienone is 1. The Morgan fingerprint density at radius 1 is 1.40 bits per heavy atom. The Balaban J connectivity index is 2.32. The Hall–Kier alpha value is -1.64. The zero-order chi connectivity index (χ0) is 10.8. The van der Waals surface area contributed by atoms with Gasteiger partial charge in [-0.25, -0.2) is 4.39 Å². The van der Waals surface area contributed by atoms with E-state index in [1.807, 2.05) is 0 Å². The van der Waals surface area contributed by atoms with E-state index < -0.39 is 5.82 Å². The van der Waals surface area contributed by atoms with Crippen LogP contribution in [0.5, 0.6) is 0 Å². The van der Waals surface area contributed by atoms with Crippen LogP contribution in [0.3, 0.4) is 0 Å². The molecule has 2 rings (SSSR count). The number of hydrogen-bond donors (Lipinski definition) is 0. The quantitative estimate of drug-likeness (QED) is 0.695. The minimum Gasteiger partial charge on any atom is -0.489 e. The molecule has 3 heteroatoms. The van der Waals surface area contributed by atoms with E-state index in [2.05, 4.69) is 0 Å². The molecule has 0 atom stereocenters. The van der Waals surface area contributed by atoms with Gasteiger partial charge in [-0.2, -0.15) is 0 Å². The summed E-state index contributed by atoms with van der Waals surface area (Å²) in [4.78, 5) is 11.8. The first kappa shape index (κ1) is 9.90. The summed E-state index contributed by atoms with van der Waals surface area (Å²) in [5.74, 6) is -0.299. The van der Waals surface area contributed by atoms with Crippen molar-refractivity contribution in [2.75, 3.05) is 6.61 Å². The molecular formula is C12H11FO2. The van der Waals surface area contributed by atoms with Crippen molar-refractivity contribution >= 4 is 5.78 Å². The van der Waals surface area contributed by atoms with Crippen LogP contribution in [-0.2, 0) is 4.74 Å². The summed E-state index contributed by atoms with van der Waals surface area (Å²) in [6.45, 7) is 2.29. The number of hydrogen-bond acceptors (Lipinski definition) is 2. The topological polar surface area (TPSA) is 26.3 Å². The SMILES string of the molecule is Cc1cc(F)cc(C(=O)C2=CCCO2)c1. The molecule has 0 spiro atoms. The zero-order valence-corrected chi connectivity index (χ0v) is 8.42. The van der Waals surface area contributed by atoms with E-state index >= 15 is 0 Å². The fourth-order valence-electron chi connectivity index (χ4n) is 1.59. The highest BCUT2D eigenvalue weighted by Gasteiger charge is 2.17. The number of ether oxygens (including phenoxy) is 1. The van der Waals surface area contributed by atoms with E-state index in [4.69, 9.17) is 4.74 Å². The molecule has 0 N–H and O–H groups in total. The Morgan fingerprint density at radius 3 is 2.80 bits per heavy atom. The molecule has 0 saturated carbocycles. The molecule has 0 unspecified atom stereocenters. The number of carbonyl (C=O) groups is 1. The number of halogens is 1. The molecule has 0 saturated heterocycles. The molecular weight excluding hydrogens is 195 g/mol. The van der Waals surface area contributed by atoms with Crippen LogP contribution in [-0.4, -0.2) is 12.4 Å². The second-order valence-electron chi connectivity index (χ2n) is 3.55. The van der Waals surface area contributed by atoms with E-state index in [-0.39, 0.29) is 5.78 Å². The van der Waals surface area contributed by atoms with E-state index in [1.54, 1.807) is 19.1 Å². The van der Waals surface area contributed by atoms with Crippen molar-refractivity contribution in [2.24, 2.45) is 0 Å². The van der Waals surface area contributed by atoms with Crippen LogP contribution in [0.1, 0.15) is 22.3 Å². The van der Waals surface area contributed by atoms with E-state index in [1.165, 1.54) is 12.1 Å². The highest BCUT2D eigenvalue weighted by atomic mass is 19.1. The number of aryl methyl sites for hydroxylation is 1. The van der Waals surface area contributed by atoms with Crippen molar-refractivity contribution in [1.82, 2.24) is 0 Å². The van der Waals surface area contributed by atoms with Crippen molar-refractivity contribution < 1.29 is 13.9 Å². The largest absolute Gasteiger partial charge is 0.489 e. The minimum absolute atomic E-state index is 0.241. The molecule has 15 heavy (non-hydrogen) atoms. The molecule has 0 bridgehead atoms. The molecule has 0 radical (unpaired) electrons. The van der Waals surface area contributed by atoms with Gasteiger partial charge in [0.2, 0.25) is 5.78 Å². The lowest BCUT2D eigenvalue weighted by Gasteiger charge is -2.04. The summed E-state index contributed by atoms with van der Waals surface area (Å²) >= 11 is 0. The normalized spacial score (nSPS) is 14.7. The van der Waals surface area contributed by atoms with Crippen molar-refractivity contribution in [3.63, 3.8) is 0 Å². The molecule has 1 aromatic rings. The third-order valence-electron chi connectivity index (χ3n) is 2.23. The minimum atomic E-state index is -0.392. The number of carbonyl (C=O) groups excluding carboxylic acids is 1. The molecule has 2 nitrogen and oxygen atoms in total. The van der Waals surface area contributed by atoms with Gasteiger partial charge in [0.1, 0.15) is 5.82 Å². The first-order valence-corrected chi connectivity index (χ1v) is 4.81. The molecule has 0 aliphatic carbocycles. The molecule has 0 fully saturated rings. The molecule has 1 aliphatic rings. The monoisotopic (exact) mass is 206 g/mol. The first-order valence-electron chi connectivity index (χ1n) is 4.81. The fourth-order valence-corrected chi connectivity index (χ4v) is 1.59. The van der Waals surface area contributed by atoms with Gasteiger partial charge in [-0.05, 0) is 36.8 Å². The standard InChI is InChI=1S/C12H11FO2/c1-8-5-9(7-10(13)6-8)12(14)11-3-2-4-15-11/h3,5-7H,2,4H2,1H3. The molecule has 78 valence electrons. The molecule has 0 aromatic heterocycles. The predicted octanol–water partition coefficient (Wildman–Crippen LogP) is 2.62. The number of benzene rings is 1. The van der Waals surface area contributed by atoms with Gasteiger partial charge in [-0.3, -0.25) is 4.79 Å². The maximum Gasteiger partial charge on any atom is 0.227 e. The summed E-state index contributed by atoms with van der Waals surface area (Å²) in [7, 11) is 0. The highest BCUT2D eigenvalue weighted by molar-refractivity contribution is 6.07. The van der Waals surface area contributed by atoms with Crippen LogP contribution in [0.25, 0.3) is 0 Å². The lowest BCUT2D eigenvalue weighted by atomic mass is 10.1. The Bertz CT molecular complexity index is 415. The summed E-state index contributed by atoms with van der Waals surface area (Å²) in [6.07, 6.45) is 2.48. The predicted molar refractivity (Wildman–Crippen MR) is 54.1 cm³/mol. The molecule has 1 aliphatic heterocycles. The maximum absolute atomic E-state index is 13.1. The van der Waals surface area contributed by atoms with Crippen LogP contribution < -0.4 is 0 Å². The van der Waals surface area contributed by atoms with Gasteiger partial charge in [0.25, 0.3) is 0 Å².